The number of nitrogens with zero attached hydrogens (tertiary/aromatic N) is 3. The van der Waals surface area contributed by atoms with Gasteiger partial charge < -0.3 is 14.6 Å². The first-order valence-electron chi connectivity index (χ1n) is 9.80. The van der Waals surface area contributed by atoms with E-state index in [-0.39, 0.29) is 34.4 Å². The van der Waals surface area contributed by atoms with Crippen molar-refractivity contribution in [2.24, 2.45) is 0 Å². The molecule has 30 heavy (non-hydrogen) atoms. The molecule has 2 atom stereocenters. The minimum absolute atomic E-state index is 0.0129. The second kappa shape index (κ2) is 8.22. The van der Waals surface area contributed by atoms with E-state index < -0.39 is 18.3 Å². The standard InChI is InChI=1S/C19H21Br2F3N4O2/c1-27(10-5-3-2-4-6-10)18(29)16-15(21)17-25-11(12-7-8-14(20)30-12)9-13(19(22,23)24)28(17)26-16/h7-8,10-11,13,25H,2-6,9H2,1H3/t11-,13-/m0/s1. The van der Waals surface area contributed by atoms with Gasteiger partial charge in [0.15, 0.2) is 16.4 Å². The molecule has 0 saturated heterocycles. The van der Waals surface area contributed by atoms with E-state index in [0.29, 0.717) is 10.4 Å². The molecule has 0 unspecified atom stereocenters. The Hall–Kier alpha value is -1.49. The lowest BCUT2D eigenvalue weighted by Gasteiger charge is -2.32. The van der Waals surface area contributed by atoms with Crippen molar-refractivity contribution in [2.75, 3.05) is 12.4 Å². The van der Waals surface area contributed by atoms with Gasteiger partial charge in [-0.3, -0.25) is 4.79 Å². The highest BCUT2D eigenvalue weighted by atomic mass is 79.9. The number of halogens is 5. The zero-order valence-corrected chi connectivity index (χ0v) is 19.3. The second-order valence-electron chi connectivity index (χ2n) is 7.80. The number of hydrogen-bond donors (Lipinski definition) is 1. The van der Waals surface area contributed by atoms with Crippen molar-refractivity contribution in [1.82, 2.24) is 14.7 Å². The number of anilines is 1. The lowest BCUT2D eigenvalue weighted by atomic mass is 9.94. The quantitative estimate of drug-likeness (QED) is 0.501. The van der Waals surface area contributed by atoms with E-state index in [4.69, 9.17) is 4.42 Å². The van der Waals surface area contributed by atoms with E-state index in [9.17, 15) is 18.0 Å². The first-order chi connectivity index (χ1) is 14.2. The summed E-state index contributed by atoms with van der Waals surface area (Å²) < 4.78 is 48.6. The van der Waals surface area contributed by atoms with Crippen LogP contribution in [0.4, 0.5) is 19.0 Å². The number of nitrogens with one attached hydrogen (secondary N) is 1. The van der Waals surface area contributed by atoms with Gasteiger partial charge in [0.05, 0.1) is 10.5 Å². The van der Waals surface area contributed by atoms with Crippen LogP contribution in [0.1, 0.15) is 66.9 Å². The lowest BCUT2D eigenvalue weighted by molar-refractivity contribution is -0.174. The first kappa shape index (κ1) is 21.7. The van der Waals surface area contributed by atoms with Crippen molar-refractivity contribution in [1.29, 1.82) is 0 Å². The van der Waals surface area contributed by atoms with Gasteiger partial charge in [-0.15, -0.1) is 0 Å². The van der Waals surface area contributed by atoms with Crippen LogP contribution in [0.15, 0.2) is 25.7 Å². The topological polar surface area (TPSA) is 63.3 Å². The highest BCUT2D eigenvalue weighted by molar-refractivity contribution is 9.10. The summed E-state index contributed by atoms with van der Waals surface area (Å²) in [5.41, 5.74) is -0.0129. The van der Waals surface area contributed by atoms with Gasteiger partial charge in [0.1, 0.15) is 11.6 Å². The molecule has 0 radical (unpaired) electrons. The van der Waals surface area contributed by atoms with E-state index in [2.05, 4.69) is 42.3 Å². The zero-order valence-electron chi connectivity index (χ0n) is 16.2. The molecule has 0 bridgehead atoms. The molecule has 1 amide bonds. The zero-order chi connectivity index (χ0) is 21.6. The third kappa shape index (κ3) is 4.02. The van der Waals surface area contributed by atoms with Gasteiger partial charge in [-0.25, -0.2) is 4.68 Å². The molecule has 3 heterocycles. The van der Waals surface area contributed by atoms with Gasteiger partial charge in [0.2, 0.25) is 0 Å². The van der Waals surface area contributed by atoms with Crippen LogP contribution in [0.3, 0.4) is 0 Å². The molecule has 4 rings (SSSR count). The largest absolute Gasteiger partial charge is 0.452 e. The average Bonchev–Trinajstić information content (AvgIpc) is 3.29. The Labute approximate surface area is 188 Å². The summed E-state index contributed by atoms with van der Waals surface area (Å²) in [6, 6.07) is 0.756. The third-order valence-electron chi connectivity index (χ3n) is 5.88. The Bertz CT molecular complexity index is 937. The fourth-order valence-electron chi connectivity index (χ4n) is 4.23. The normalized spacial score (nSPS) is 22.5. The third-order valence-corrected chi connectivity index (χ3v) is 7.06. The van der Waals surface area contributed by atoms with Crippen LogP contribution in [0.25, 0.3) is 0 Å². The molecule has 1 fully saturated rings. The van der Waals surface area contributed by atoms with E-state index in [1.54, 1.807) is 24.1 Å². The molecule has 6 nitrogen and oxygen atoms in total. The van der Waals surface area contributed by atoms with Crippen molar-refractivity contribution in [3.63, 3.8) is 0 Å². The summed E-state index contributed by atoms with van der Waals surface area (Å²) in [5, 5.41) is 7.16. The van der Waals surface area contributed by atoms with Crippen molar-refractivity contribution < 1.29 is 22.4 Å². The Balaban J connectivity index is 1.68. The Morgan fingerprint density at radius 2 is 1.97 bits per heavy atom. The van der Waals surface area contributed by atoms with Crippen LogP contribution < -0.4 is 5.32 Å². The monoisotopic (exact) mass is 552 g/mol. The number of aromatic nitrogens is 2. The molecular formula is C19H21Br2F3N4O2. The lowest BCUT2D eigenvalue weighted by Crippen LogP contribution is -2.39. The first-order valence-corrected chi connectivity index (χ1v) is 11.4. The minimum Gasteiger partial charge on any atom is -0.452 e. The number of carbonyl (C=O) groups excluding carboxylic acids is 1. The van der Waals surface area contributed by atoms with Gasteiger partial charge in [-0.2, -0.15) is 18.3 Å². The number of rotatable bonds is 3. The fraction of sp³-hybridized carbons (Fsp3) is 0.579. The Morgan fingerprint density at radius 3 is 2.57 bits per heavy atom. The Morgan fingerprint density at radius 1 is 1.27 bits per heavy atom. The molecule has 1 saturated carbocycles. The molecule has 1 N–H and O–H groups in total. The van der Waals surface area contributed by atoms with E-state index in [0.717, 1.165) is 36.8 Å². The highest BCUT2D eigenvalue weighted by Gasteiger charge is 2.48. The van der Waals surface area contributed by atoms with Crippen LogP contribution >= 0.6 is 31.9 Å². The number of hydrogen-bond acceptors (Lipinski definition) is 4. The maximum atomic E-state index is 13.9. The summed E-state index contributed by atoms with van der Waals surface area (Å²) in [7, 11) is 1.70. The highest BCUT2D eigenvalue weighted by Crippen LogP contribution is 2.46. The molecule has 2 aromatic rings. The molecular weight excluding hydrogens is 533 g/mol. The van der Waals surface area contributed by atoms with Crippen LogP contribution in [0.5, 0.6) is 0 Å². The van der Waals surface area contributed by atoms with E-state index in [1.807, 2.05) is 0 Å². The summed E-state index contributed by atoms with van der Waals surface area (Å²) >= 11 is 6.51. The van der Waals surface area contributed by atoms with Crippen LogP contribution in [-0.2, 0) is 0 Å². The van der Waals surface area contributed by atoms with Crippen molar-refractivity contribution in [3.05, 3.63) is 32.7 Å². The van der Waals surface area contributed by atoms with Gasteiger partial charge in [0, 0.05) is 19.5 Å². The molecule has 1 aliphatic heterocycles. The predicted octanol–water partition coefficient (Wildman–Crippen LogP) is 6.07. The minimum atomic E-state index is -4.53. The summed E-state index contributed by atoms with van der Waals surface area (Å²) in [6.07, 6.45) is 0.195. The summed E-state index contributed by atoms with van der Waals surface area (Å²) in [5.74, 6) is 0.125. The number of furan rings is 1. The number of alkyl halides is 3. The molecule has 0 aromatic carbocycles. The number of carbonyl (C=O) groups is 1. The number of fused-ring (bicyclic) bond motifs is 1. The molecule has 1 aliphatic carbocycles. The van der Waals surface area contributed by atoms with Gasteiger partial charge >= 0.3 is 6.18 Å². The van der Waals surface area contributed by atoms with Crippen LogP contribution in [0.2, 0.25) is 0 Å². The number of amides is 1. The van der Waals surface area contributed by atoms with Gasteiger partial charge in [-0.1, -0.05) is 19.3 Å². The summed E-state index contributed by atoms with van der Waals surface area (Å²) in [4.78, 5) is 14.7. The van der Waals surface area contributed by atoms with Gasteiger partial charge in [0.25, 0.3) is 5.91 Å². The van der Waals surface area contributed by atoms with Gasteiger partial charge in [-0.05, 0) is 56.8 Å². The van der Waals surface area contributed by atoms with Crippen molar-refractivity contribution in [3.8, 4) is 0 Å². The average molecular weight is 554 g/mol. The van der Waals surface area contributed by atoms with E-state index in [1.165, 1.54) is 0 Å². The van der Waals surface area contributed by atoms with Crippen molar-refractivity contribution in [2.45, 2.75) is 62.8 Å². The fourth-order valence-corrected chi connectivity index (χ4v) is 5.09. The predicted molar refractivity (Wildman–Crippen MR) is 111 cm³/mol. The Kier molecular flexibility index (Phi) is 5.95. The van der Waals surface area contributed by atoms with Crippen molar-refractivity contribution >= 4 is 43.6 Å². The second-order valence-corrected chi connectivity index (χ2v) is 9.37. The SMILES string of the molecule is CN(C(=O)c1nn2c(c1Br)N[C@H](c1ccc(Br)o1)C[C@H]2C(F)(F)F)C1CCCCC1. The molecule has 164 valence electrons. The molecule has 2 aliphatic rings. The maximum absolute atomic E-state index is 13.9. The van der Waals surface area contributed by atoms with Crippen LogP contribution in [0, 0.1) is 0 Å². The van der Waals surface area contributed by atoms with E-state index >= 15 is 0 Å². The summed E-state index contributed by atoms with van der Waals surface area (Å²) in [6.45, 7) is 0. The molecule has 11 heteroatoms. The molecule has 2 aromatic heterocycles. The maximum Gasteiger partial charge on any atom is 0.410 e. The molecule has 0 spiro atoms. The van der Waals surface area contributed by atoms with Crippen LogP contribution in [-0.4, -0.2) is 39.9 Å². The smallest absolute Gasteiger partial charge is 0.410 e.